The van der Waals surface area contributed by atoms with E-state index in [-0.39, 0.29) is 12.1 Å². The third-order valence-electron chi connectivity index (χ3n) is 10.9. The van der Waals surface area contributed by atoms with Crippen LogP contribution in [-0.4, -0.2) is 123 Å². The highest BCUT2D eigenvalue weighted by Crippen LogP contribution is 2.23. The Labute approximate surface area is 377 Å². The van der Waals surface area contributed by atoms with Crippen molar-refractivity contribution in [3.05, 3.63) is 83.9 Å². The molecule has 4 N–H and O–H groups in total. The number of carbonyl (C=O) groups is 2. The van der Waals surface area contributed by atoms with E-state index >= 15 is 0 Å². The van der Waals surface area contributed by atoms with E-state index in [9.17, 15) is 9.59 Å². The molecule has 2 aromatic heterocycles. The Morgan fingerprint density at radius 2 is 0.922 bits per heavy atom. The summed E-state index contributed by atoms with van der Waals surface area (Å²) in [4.78, 5) is 34.0. The smallest absolute Gasteiger partial charge is 0.316 e. The van der Waals surface area contributed by atoms with Gasteiger partial charge in [0.15, 0.2) is 11.6 Å². The lowest BCUT2D eigenvalue weighted by Crippen LogP contribution is -2.46. The molecule has 6 rings (SSSR count). The summed E-state index contributed by atoms with van der Waals surface area (Å²) in [6.45, 7) is 19.2. The van der Waals surface area contributed by atoms with E-state index in [4.69, 9.17) is 18.9 Å². The largest absolute Gasteiger partial charge is 0.447 e. The van der Waals surface area contributed by atoms with Crippen molar-refractivity contribution in [2.75, 3.05) is 85.0 Å². The first-order chi connectivity index (χ1) is 31.0. The fourth-order valence-corrected chi connectivity index (χ4v) is 7.64. The molecule has 0 bridgehead atoms. The van der Waals surface area contributed by atoms with E-state index in [1.165, 1.54) is 22.5 Å². The molecule has 2 aliphatic rings. The van der Waals surface area contributed by atoms with Crippen LogP contribution in [0.2, 0.25) is 0 Å². The monoisotopic (exact) mass is 883 g/mol. The lowest BCUT2D eigenvalue weighted by molar-refractivity contribution is -0.110. The zero-order valence-corrected chi connectivity index (χ0v) is 38.2. The number of nitrogens with zero attached hydrogens (tertiary/aromatic N) is 8. The van der Waals surface area contributed by atoms with Crippen molar-refractivity contribution >= 4 is 35.1 Å². The van der Waals surface area contributed by atoms with Crippen LogP contribution >= 0.6 is 0 Å². The molecule has 2 saturated heterocycles. The highest BCUT2D eigenvalue weighted by atomic mass is 16.7. The molecular weight excluding hydrogens is 817 g/mol. The zero-order chi connectivity index (χ0) is 45.3. The van der Waals surface area contributed by atoms with Gasteiger partial charge in [-0.3, -0.25) is 0 Å². The van der Waals surface area contributed by atoms with Crippen molar-refractivity contribution in [2.45, 2.75) is 92.3 Å². The normalized spacial score (nSPS) is 16.0. The zero-order valence-electron chi connectivity index (χ0n) is 38.2. The second kappa shape index (κ2) is 24.1. The van der Waals surface area contributed by atoms with Gasteiger partial charge in [0.05, 0.1) is 0 Å². The van der Waals surface area contributed by atoms with E-state index < -0.39 is 25.0 Å². The Bertz CT molecular complexity index is 1890. The Morgan fingerprint density at radius 3 is 1.28 bits per heavy atom. The summed E-state index contributed by atoms with van der Waals surface area (Å²) in [6, 6.07) is 23.9. The molecule has 4 atom stereocenters. The van der Waals surface area contributed by atoms with E-state index in [0.29, 0.717) is 24.8 Å². The lowest BCUT2D eigenvalue weighted by atomic mass is 10.2. The van der Waals surface area contributed by atoms with Gasteiger partial charge < -0.3 is 59.8 Å². The Balaban J connectivity index is 0.747. The molecule has 2 fully saturated rings. The number of amides is 4. The number of urea groups is 2. The van der Waals surface area contributed by atoms with Crippen molar-refractivity contribution in [3.8, 4) is 11.8 Å². The Hall–Kier alpha value is -6.14. The van der Waals surface area contributed by atoms with E-state index in [1.54, 1.807) is 39.8 Å². The predicted molar refractivity (Wildman–Crippen MR) is 248 cm³/mol. The van der Waals surface area contributed by atoms with Crippen LogP contribution in [0, 0.1) is 13.8 Å². The molecule has 2 aromatic carbocycles. The third-order valence-corrected chi connectivity index (χ3v) is 10.9. The number of ether oxygens (including phenoxy) is 4. The molecule has 4 amide bonds. The molecule has 4 unspecified atom stereocenters. The van der Waals surface area contributed by atoms with Crippen LogP contribution in [0.15, 0.2) is 72.8 Å². The van der Waals surface area contributed by atoms with Crippen molar-refractivity contribution in [1.29, 1.82) is 0 Å². The summed E-state index contributed by atoms with van der Waals surface area (Å²) in [7, 11) is 0. The number of aromatic nitrogens is 4. The van der Waals surface area contributed by atoms with Gasteiger partial charge >= 0.3 is 12.1 Å². The standard InChI is InChI=1S/C46H66N12O6/c1-33-13-11-15-39(31-33)55-23-27-57(28-24-55)41-17-19-43(53-51-41)63-37(5)61-35(3)49-45(59)47-21-9-7-8-10-22-48-46(60)50-36(4)62-38(6)64-44-20-18-42(52-54-44)58-29-25-56(26-30-58)40-16-12-14-34(2)32-40/h11-20,31-32,35-38H,7-10,21-30H2,1-6H3,(H2,47,49,59)(H2,48,50,60). The SMILES string of the molecule is Cc1cccc(N2CCN(c3ccc(OC(C)OC(C)NC(=O)NCCCCCCNC(=O)NC(C)OC(C)Oc4ccc(N5CCN(c6cccc(C)c6)CC5)nn4)nn3)CC2)c1. The first kappa shape index (κ1) is 47.3. The number of piperazine rings is 2. The molecule has 18 nitrogen and oxygen atoms in total. The van der Waals surface area contributed by atoms with Gasteiger partial charge in [0.25, 0.3) is 0 Å². The number of unbranched alkanes of at least 4 members (excludes halogenated alkanes) is 3. The minimum atomic E-state index is -0.662. The maximum absolute atomic E-state index is 12.4. The van der Waals surface area contributed by atoms with Gasteiger partial charge in [-0.2, -0.15) is 0 Å². The molecule has 0 spiro atoms. The molecular formula is C46H66N12O6. The van der Waals surface area contributed by atoms with Gasteiger partial charge in [0, 0.05) is 89.0 Å². The highest BCUT2D eigenvalue weighted by molar-refractivity contribution is 5.74. The van der Waals surface area contributed by atoms with Crippen LogP contribution in [-0.2, 0) is 9.47 Å². The first-order valence-corrected chi connectivity index (χ1v) is 22.5. The molecule has 64 heavy (non-hydrogen) atoms. The van der Waals surface area contributed by atoms with Crippen LogP contribution in [0.3, 0.4) is 0 Å². The fraction of sp³-hybridized carbons (Fsp3) is 0.522. The average Bonchev–Trinajstić information content (AvgIpc) is 3.27. The number of rotatable bonds is 21. The fourth-order valence-electron chi connectivity index (χ4n) is 7.64. The quantitative estimate of drug-likeness (QED) is 0.0602. The number of anilines is 4. The molecule has 0 saturated carbocycles. The van der Waals surface area contributed by atoms with Gasteiger partial charge in [0.1, 0.15) is 12.5 Å². The lowest BCUT2D eigenvalue weighted by Gasteiger charge is -2.36. The van der Waals surface area contributed by atoms with Crippen LogP contribution in [0.4, 0.5) is 32.6 Å². The predicted octanol–water partition coefficient (Wildman–Crippen LogP) is 5.57. The van der Waals surface area contributed by atoms with Crippen molar-refractivity contribution < 1.29 is 28.5 Å². The molecule has 0 radical (unpaired) electrons. The second-order valence-corrected chi connectivity index (χ2v) is 16.2. The number of nitrogens with one attached hydrogen (secondary N) is 4. The number of benzene rings is 2. The summed E-state index contributed by atoms with van der Waals surface area (Å²) >= 11 is 0. The van der Waals surface area contributed by atoms with Crippen molar-refractivity contribution in [2.24, 2.45) is 0 Å². The van der Waals surface area contributed by atoms with Crippen LogP contribution in [0.5, 0.6) is 11.8 Å². The van der Waals surface area contributed by atoms with Gasteiger partial charge in [-0.15, -0.1) is 20.4 Å². The second-order valence-electron chi connectivity index (χ2n) is 16.2. The summed E-state index contributed by atoms with van der Waals surface area (Å²) in [5, 5.41) is 28.5. The van der Waals surface area contributed by atoms with Gasteiger partial charge in [-0.05, 0) is 102 Å². The van der Waals surface area contributed by atoms with E-state index in [1.807, 2.05) is 12.1 Å². The summed E-state index contributed by atoms with van der Waals surface area (Å²) < 4.78 is 23.2. The Kier molecular flexibility index (Phi) is 17.8. The molecule has 0 aliphatic carbocycles. The van der Waals surface area contributed by atoms with Crippen LogP contribution < -0.4 is 50.3 Å². The maximum Gasteiger partial charge on any atom is 0.316 e. The summed E-state index contributed by atoms with van der Waals surface area (Å²) in [5.41, 5.74) is 5.01. The van der Waals surface area contributed by atoms with Gasteiger partial charge in [-0.1, -0.05) is 37.1 Å². The van der Waals surface area contributed by atoms with Crippen LogP contribution in [0.1, 0.15) is 64.5 Å². The molecule has 2 aliphatic heterocycles. The molecule has 18 heteroatoms. The summed E-state index contributed by atoms with van der Waals surface area (Å²) in [6.07, 6.45) is 0.874. The molecule has 4 aromatic rings. The number of hydrogen-bond acceptors (Lipinski definition) is 14. The van der Waals surface area contributed by atoms with E-state index in [2.05, 4.69) is 124 Å². The highest BCUT2D eigenvalue weighted by Gasteiger charge is 2.22. The van der Waals surface area contributed by atoms with Crippen molar-refractivity contribution in [1.82, 2.24) is 41.7 Å². The van der Waals surface area contributed by atoms with Crippen molar-refractivity contribution in [3.63, 3.8) is 0 Å². The summed E-state index contributed by atoms with van der Waals surface area (Å²) in [5.74, 6) is 2.29. The minimum absolute atomic E-state index is 0.328. The average molecular weight is 883 g/mol. The number of carbonyl (C=O) groups excluding carboxylic acids is 2. The number of hydrogen-bond donors (Lipinski definition) is 4. The maximum atomic E-state index is 12.4. The Morgan fingerprint density at radius 1 is 0.531 bits per heavy atom. The molecule has 346 valence electrons. The third kappa shape index (κ3) is 15.3. The number of aryl methyl sites for hydroxylation is 2. The van der Waals surface area contributed by atoms with E-state index in [0.717, 1.165) is 89.7 Å². The first-order valence-electron chi connectivity index (χ1n) is 22.5. The van der Waals surface area contributed by atoms with Crippen LogP contribution in [0.25, 0.3) is 0 Å². The topological polar surface area (TPSA) is 184 Å². The minimum Gasteiger partial charge on any atom is -0.447 e. The van der Waals surface area contributed by atoms with Gasteiger partial charge in [0.2, 0.25) is 24.3 Å². The molecule has 4 heterocycles. The van der Waals surface area contributed by atoms with Gasteiger partial charge in [-0.25, -0.2) is 9.59 Å².